The van der Waals surface area contributed by atoms with E-state index in [1.807, 2.05) is 33.4 Å². The van der Waals surface area contributed by atoms with Crippen LogP contribution >= 0.6 is 35.6 Å². The van der Waals surface area contributed by atoms with Crippen molar-refractivity contribution in [2.45, 2.75) is 19.9 Å². The lowest BCUT2D eigenvalue weighted by molar-refractivity contribution is 0.459. The summed E-state index contributed by atoms with van der Waals surface area (Å²) in [6, 6.07) is 1.99. The van der Waals surface area contributed by atoms with E-state index in [4.69, 9.17) is 11.6 Å². The number of nitrogens with zero attached hydrogens (tertiary/aromatic N) is 3. The molecule has 1 aliphatic rings. The summed E-state index contributed by atoms with van der Waals surface area (Å²) >= 11 is 6.00. The molecule has 0 aliphatic heterocycles. The lowest BCUT2D eigenvalue weighted by Gasteiger charge is -2.22. The van der Waals surface area contributed by atoms with E-state index in [9.17, 15) is 0 Å². The van der Waals surface area contributed by atoms with E-state index in [0.717, 1.165) is 35.9 Å². The summed E-state index contributed by atoms with van der Waals surface area (Å²) in [5.41, 5.74) is 1.18. The van der Waals surface area contributed by atoms with Crippen molar-refractivity contribution >= 4 is 41.5 Å². The predicted octanol–water partition coefficient (Wildman–Crippen LogP) is 2.96. The Labute approximate surface area is 143 Å². The number of hydrogen-bond acceptors (Lipinski definition) is 1. The molecule has 1 heterocycles. The maximum Gasteiger partial charge on any atom is 0.193 e. The van der Waals surface area contributed by atoms with Crippen molar-refractivity contribution in [1.29, 1.82) is 0 Å². The number of aliphatic imine (C=N–C) groups is 1. The van der Waals surface area contributed by atoms with Gasteiger partial charge in [0.05, 0.1) is 11.6 Å². The van der Waals surface area contributed by atoms with Gasteiger partial charge in [0.15, 0.2) is 5.96 Å². The highest BCUT2D eigenvalue weighted by Gasteiger charge is 2.32. The monoisotopic (exact) mass is 410 g/mol. The van der Waals surface area contributed by atoms with Gasteiger partial charge in [0.25, 0.3) is 0 Å². The Bertz CT molecular complexity index is 472. The number of guanidine groups is 1. The number of hydrogen-bond donors (Lipinski definition) is 1. The highest BCUT2D eigenvalue weighted by molar-refractivity contribution is 14.0. The SMILES string of the molecule is CN=C(NCC1CC1C)N(C)Cc1cc(Cl)cn1C.I. The van der Waals surface area contributed by atoms with Crippen LogP contribution in [0.25, 0.3) is 0 Å². The second-order valence-electron chi connectivity index (χ2n) is 5.52. The van der Waals surface area contributed by atoms with E-state index in [0.29, 0.717) is 0 Å². The molecule has 2 rings (SSSR count). The number of aromatic nitrogens is 1. The largest absolute Gasteiger partial charge is 0.356 e. The molecule has 1 aliphatic carbocycles. The second kappa shape index (κ2) is 7.54. The average molecular weight is 411 g/mol. The normalized spacial score (nSPS) is 21.4. The summed E-state index contributed by atoms with van der Waals surface area (Å²) in [6.45, 7) is 4.11. The fourth-order valence-electron chi connectivity index (χ4n) is 2.33. The Hall–Kier alpha value is -0.430. The number of halogens is 2. The molecule has 2 unspecified atom stereocenters. The molecule has 1 aromatic rings. The molecule has 114 valence electrons. The molecule has 1 saturated carbocycles. The standard InChI is InChI=1S/C14H23ClN4.HI/c1-10-5-11(10)7-17-14(16-2)19(4)9-13-6-12(15)8-18(13)3;/h6,8,10-11H,5,7,9H2,1-4H3,(H,16,17);1H. The van der Waals surface area contributed by atoms with E-state index in [-0.39, 0.29) is 24.0 Å². The van der Waals surface area contributed by atoms with Crippen molar-refractivity contribution in [3.63, 3.8) is 0 Å². The molecule has 0 saturated heterocycles. The van der Waals surface area contributed by atoms with E-state index in [2.05, 4.69) is 26.7 Å². The van der Waals surface area contributed by atoms with Crippen LogP contribution in [0.3, 0.4) is 0 Å². The van der Waals surface area contributed by atoms with Crippen molar-refractivity contribution in [2.75, 3.05) is 20.6 Å². The maximum atomic E-state index is 6.00. The molecule has 20 heavy (non-hydrogen) atoms. The fraction of sp³-hybridized carbons (Fsp3) is 0.643. The van der Waals surface area contributed by atoms with Crippen LogP contribution in [-0.2, 0) is 13.6 Å². The van der Waals surface area contributed by atoms with E-state index < -0.39 is 0 Å². The zero-order chi connectivity index (χ0) is 14.0. The molecule has 1 N–H and O–H groups in total. The van der Waals surface area contributed by atoms with Crippen LogP contribution in [0.1, 0.15) is 19.0 Å². The molecule has 4 nitrogen and oxygen atoms in total. The van der Waals surface area contributed by atoms with Crippen LogP contribution in [0.4, 0.5) is 0 Å². The highest BCUT2D eigenvalue weighted by atomic mass is 127. The fourth-order valence-corrected chi connectivity index (χ4v) is 2.60. The summed E-state index contributed by atoms with van der Waals surface area (Å²) in [6.07, 6.45) is 3.26. The van der Waals surface area contributed by atoms with Gasteiger partial charge in [-0.1, -0.05) is 18.5 Å². The topological polar surface area (TPSA) is 32.6 Å². The van der Waals surface area contributed by atoms with Crippen LogP contribution in [0, 0.1) is 11.8 Å². The molecule has 0 bridgehead atoms. The Morgan fingerprint density at radius 1 is 1.60 bits per heavy atom. The minimum Gasteiger partial charge on any atom is -0.356 e. The summed E-state index contributed by atoms with van der Waals surface area (Å²) in [7, 11) is 5.89. The van der Waals surface area contributed by atoms with Gasteiger partial charge in [-0.3, -0.25) is 4.99 Å². The third-order valence-electron chi connectivity index (χ3n) is 3.85. The first-order valence-electron chi connectivity index (χ1n) is 6.73. The van der Waals surface area contributed by atoms with Gasteiger partial charge in [0, 0.05) is 39.6 Å². The quantitative estimate of drug-likeness (QED) is 0.470. The highest BCUT2D eigenvalue weighted by Crippen LogP contribution is 2.36. The van der Waals surface area contributed by atoms with Crippen molar-refractivity contribution in [3.05, 3.63) is 23.0 Å². The Morgan fingerprint density at radius 2 is 2.25 bits per heavy atom. The van der Waals surface area contributed by atoms with Crippen LogP contribution in [0.2, 0.25) is 5.02 Å². The van der Waals surface area contributed by atoms with Crippen molar-refractivity contribution in [1.82, 2.24) is 14.8 Å². The van der Waals surface area contributed by atoms with Gasteiger partial charge in [-0.25, -0.2) is 0 Å². The molecule has 0 spiro atoms. The van der Waals surface area contributed by atoms with Gasteiger partial charge in [-0.2, -0.15) is 0 Å². The molecule has 6 heteroatoms. The molecule has 0 radical (unpaired) electrons. The third-order valence-corrected chi connectivity index (χ3v) is 4.05. The van der Waals surface area contributed by atoms with Crippen molar-refractivity contribution < 1.29 is 0 Å². The van der Waals surface area contributed by atoms with Crippen molar-refractivity contribution in [3.8, 4) is 0 Å². The van der Waals surface area contributed by atoms with Crippen LogP contribution in [0.15, 0.2) is 17.3 Å². The molecule has 0 aromatic carbocycles. The maximum absolute atomic E-state index is 6.00. The van der Waals surface area contributed by atoms with Gasteiger partial charge in [0.1, 0.15) is 0 Å². The first-order valence-corrected chi connectivity index (χ1v) is 7.11. The summed E-state index contributed by atoms with van der Waals surface area (Å²) in [4.78, 5) is 6.46. The summed E-state index contributed by atoms with van der Waals surface area (Å²) in [5.74, 6) is 2.62. The van der Waals surface area contributed by atoms with Gasteiger partial charge in [-0.05, 0) is 24.3 Å². The lowest BCUT2D eigenvalue weighted by atomic mass is 10.3. The first kappa shape index (κ1) is 17.6. The van der Waals surface area contributed by atoms with E-state index >= 15 is 0 Å². The molecular weight excluding hydrogens is 387 g/mol. The average Bonchev–Trinajstić information content (AvgIpc) is 2.95. The summed E-state index contributed by atoms with van der Waals surface area (Å²) in [5, 5.41) is 4.22. The lowest BCUT2D eigenvalue weighted by Crippen LogP contribution is -2.39. The Kier molecular flexibility index (Phi) is 6.64. The number of aryl methyl sites for hydroxylation is 1. The minimum atomic E-state index is 0. The van der Waals surface area contributed by atoms with Gasteiger partial charge >= 0.3 is 0 Å². The van der Waals surface area contributed by atoms with Gasteiger partial charge in [0.2, 0.25) is 0 Å². The first-order chi connectivity index (χ1) is 9.01. The Morgan fingerprint density at radius 3 is 2.70 bits per heavy atom. The van der Waals surface area contributed by atoms with Crippen LogP contribution in [-0.4, -0.2) is 36.1 Å². The number of nitrogens with one attached hydrogen (secondary N) is 1. The smallest absolute Gasteiger partial charge is 0.193 e. The Balaban J connectivity index is 0.00000200. The molecule has 0 amide bonds. The van der Waals surface area contributed by atoms with Crippen molar-refractivity contribution in [2.24, 2.45) is 23.9 Å². The van der Waals surface area contributed by atoms with Gasteiger partial charge in [-0.15, -0.1) is 24.0 Å². The zero-order valence-electron chi connectivity index (χ0n) is 12.6. The molecule has 2 atom stereocenters. The van der Waals surface area contributed by atoms with Crippen LogP contribution < -0.4 is 5.32 Å². The molecule has 1 fully saturated rings. The van der Waals surface area contributed by atoms with Gasteiger partial charge < -0.3 is 14.8 Å². The minimum absolute atomic E-state index is 0. The summed E-state index contributed by atoms with van der Waals surface area (Å²) < 4.78 is 2.05. The zero-order valence-corrected chi connectivity index (χ0v) is 15.6. The van der Waals surface area contributed by atoms with E-state index in [1.54, 1.807) is 0 Å². The third kappa shape index (κ3) is 4.55. The second-order valence-corrected chi connectivity index (χ2v) is 5.95. The van der Waals surface area contributed by atoms with Crippen LogP contribution in [0.5, 0.6) is 0 Å². The van der Waals surface area contributed by atoms with E-state index in [1.165, 1.54) is 12.1 Å². The predicted molar refractivity (Wildman–Crippen MR) is 95.9 cm³/mol. The molecule has 1 aromatic heterocycles. The number of rotatable bonds is 4. The molecular formula is C14H24ClIN4.